The summed E-state index contributed by atoms with van der Waals surface area (Å²) in [5, 5.41) is 26.2. The third kappa shape index (κ3) is 3.33. The Morgan fingerprint density at radius 3 is 2.76 bits per heavy atom. The lowest BCUT2D eigenvalue weighted by atomic mass is 10.2. The van der Waals surface area contributed by atoms with Gasteiger partial charge in [-0.3, -0.25) is 0 Å². The summed E-state index contributed by atoms with van der Waals surface area (Å²) in [5.41, 5.74) is 1.67. The van der Waals surface area contributed by atoms with Gasteiger partial charge in [-0.25, -0.2) is 0 Å². The molecule has 1 atom stereocenters. The summed E-state index contributed by atoms with van der Waals surface area (Å²) in [4.78, 5) is 1.96. The predicted molar refractivity (Wildman–Crippen MR) is 89.7 cm³/mol. The summed E-state index contributed by atoms with van der Waals surface area (Å²) in [6.45, 7) is 0.905. The van der Waals surface area contributed by atoms with E-state index in [4.69, 9.17) is 4.42 Å². The van der Waals surface area contributed by atoms with Gasteiger partial charge in [0.05, 0.1) is 12.8 Å². The second-order valence-corrected chi connectivity index (χ2v) is 5.62. The van der Waals surface area contributed by atoms with E-state index in [2.05, 4.69) is 20.6 Å². The smallest absolute Gasteiger partial charge is 0.200 e. The van der Waals surface area contributed by atoms with Gasteiger partial charge < -0.3 is 14.4 Å². The number of fused-ring (bicyclic) bond motifs is 1. The molecule has 8 nitrogen and oxygen atoms in total. The van der Waals surface area contributed by atoms with Crippen LogP contribution in [-0.2, 0) is 6.54 Å². The molecule has 0 bridgehead atoms. The van der Waals surface area contributed by atoms with E-state index in [0.717, 1.165) is 5.56 Å². The Kier molecular flexibility index (Phi) is 4.09. The van der Waals surface area contributed by atoms with E-state index < -0.39 is 6.10 Å². The first-order valence-electron chi connectivity index (χ1n) is 7.85. The molecule has 25 heavy (non-hydrogen) atoms. The van der Waals surface area contributed by atoms with Gasteiger partial charge in [0.25, 0.3) is 0 Å². The highest BCUT2D eigenvalue weighted by Crippen LogP contribution is 2.21. The first-order valence-corrected chi connectivity index (χ1v) is 7.85. The lowest BCUT2D eigenvalue weighted by Crippen LogP contribution is -2.29. The summed E-state index contributed by atoms with van der Waals surface area (Å²) in [6, 6.07) is 17.1. The second kappa shape index (κ2) is 6.70. The molecule has 1 N–H and O–H groups in total. The number of anilines is 1. The van der Waals surface area contributed by atoms with E-state index in [1.165, 1.54) is 4.63 Å². The van der Waals surface area contributed by atoms with Crippen LogP contribution in [0.2, 0.25) is 0 Å². The maximum atomic E-state index is 10.5. The zero-order valence-corrected chi connectivity index (χ0v) is 13.3. The molecule has 1 aromatic carbocycles. The Labute approximate surface area is 143 Å². The van der Waals surface area contributed by atoms with Gasteiger partial charge in [0.15, 0.2) is 11.5 Å². The van der Waals surface area contributed by atoms with Crippen molar-refractivity contribution in [1.29, 1.82) is 0 Å². The molecule has 0 unspecified atom stereocenters. The average molecular weight is 336 g/mol. The number of hydrogen-bond acceptors (Lipinski definition) is 7. The zero-order chi connectivity index (χ0) is 17.1. The van der Waals surface area contributed by atoms with Gasteiger partial charge in [-0.05, 0) is 40.3 Å². The number of aliphatic hydroxyl groups is 1. The third-order valence-electron chi connectivity index (χ3n) is 3.86. The van der Waals surface area contributed by atoms with Crippen LogP contribution in [0.4, 0.5) is 5.82 Å². The van der Waals surface area contributed by atoms with Crippen LogP contribution in [0.15, 0.2) is 65.3 Å². The molecule has 126 valence electrons. The maximum Gasteiger partial charge on any atom is 0.200 e. The Bertz CT molecular complexity index is 938. The lowest BCUT2D eigenvalue weighted by Gasteiger charge is -2.25. The van der Waals surface area contributed by atoms with Gasteiger partial charge in [-0.2, -0.15) is 0 Å². The molecule has 3 aromatic heterocycles. The predicted octanol–water partition coefficient (Wildman–Crippen LogP) is 1.85. The third-order valence-corrected chi connectivity index (χ3v) is 3.86. The Morgan fingerprint density at radius 1 is 1.08 bits per heavy atom. The Morgan fingerprint density at radius 2 is 1.96 bits per heavy atom. The van der Waals surface area contributed by atoms with Crippen LogP contribution in [0.1, 0.15) is 17.4 Å². The maximum absolute atomic E-state index is 10.5. The molecule has 0 radical (unpaired) electrons. The van der Waals surface area contributed by atoms with E-state index in [0.29, 0.717) is 30.3 Å². The molecule has 4 aromatic rings. The molecule has 0 saturated carbocycles. The van der Waals surface area contributed by atoms with Crippen molar-refractivity contribution in [2.75, 3.05) is 11.4 Å². The minimum absolute atomic E-state index is 0.322. The SMILES string of the molecule is O[C@@H](CN(Cc1ccccc1)c1ccc2nnnn2n1)c1ccco1. The van der Waals surface area contributed by atoms with Crippen LogP contribution in [0.5, 0.6) is 0 Å². The Balaban J connectivity index is 1.64. The van der Waals surface area contributed by atoms with Gasteiger partial charge >= 0.3 is 0 Å². The van der Waals surface area contributed by atoms with E-state index in [1.807, 2.05) is 41.3 Å². The number of furan rings is 1. The molecule has 0 aliphatic heterocycles. The molecular weight excluding hydrogens is 320 g/mol. The highest BCUT2D eigenvalue weighted by atomic mass is 16.4. The van der Waals surface area contributed by atoms with E-state index >= 15 is 0 Å². The summed E-state index contributed by atoms with van der Waals surface area (Å²) < 4.78 is 6.67. The van der Waals surface area contributed by atoms with Crippen LogP contribution in [0, 0.1) is 0 Å². The minimum atomic E-state index is -0.773. The molecule has 3 heterocycles. The van der Waals surface area contributed by atoms with Gasteiger partial charge in [0, 0.05) is 6.54 Å². The number of aromatic nitrogens is 5. The van der Waals surface area contributed by atoms with Gasteiger partial charge in [-0.15, -0.1) is 14.8 Å². The van der Waals surface area contributed by atoms with Crippen molar-refractivity contribution in [2.45, 2.75) is 12.6 Å². The fourth-order valence-electron chi connectivity index (χ4n) is 2.63. The van der Waals surface area contributed by atoms with Gasteiger partial charge in [0.1, 0.15) is 11.9 Å². The molecule has 8 heteroatoms. The van der Waals surface area contributed by atoms with Crippen molar-refractivity contribution in [2.24, 2.45) is 0 Å². The number of hydrogen-bond donors (Lipinski definition) is 1. The summed E-state index contributed by atoms with van der Waals surface area (Å²) in [6.07, 6.45) is 0.774. The van der Waals surface area contributed by atoms with Gasteiger partial charge in [-0.1, -0.05) is 30.3 Å². The van der Waals surface area contributed by atoms with Crippen molar-refractivity contribution < 1.29 is 9.52 Å². The highest BCUT2D eigenvalue weighted by Gasteiger charge is 2.18. The number of rotatable bonds is 6. The van der Waals surface area contributed by atoms with E-state index in [9.17, 15) is 5.11 Å². The van der Waals surface area contributed by atoms with Crippen molar-refractivity contribution in [3.05, 3.63) is 72.2 Å². The first kappa shape index (κ1) is 15.3. The summed E-state index contributed by atoms with van der Waals surface area (Å²) in [7, 11) is 0. The van der Waals surface area contributed by atoms with Crippen LogP contribution >= 0.6 is 0 Å². The first-order chi connectivity index (χ1) is 12.3. The lowest BCUT2D eigenvalue weighted by molar-refractivity contribution is 0.154. The fourth-order valence-corrected chi connectivity index (χ4v) is 2.63. The number of tetrazole rings is 1. The quantitative estimate of drug-likeness (QED) is 0.574. The minimum Gasteiger partial charge on any atom is -0.467 e. The summed E-state index contributed by atoms with van der Waals surface area (Å²) in [5.74, 6) is 1.18. The second-order valence-electron chi connectivity index (χ2n) is 5.62. The molecule has 0 fully saturated rings. The van der Waals surface area contributed by atoms with Crippen molar-refractivity contribution in [3.8, 4) is 0 Å². The normalized spacial score (nSPS) is 12.4. The molecular formula is C17H16N6O2. The number of nitrogens with zero attached hydrogens (tertiary/aromatic N) is 6. The average Bonchev–Trinajstić information content (AvgIpc) is 3.33. The van der Waals surface area contributed by atoms with Gasteiger partial charge in [0.2, 0.25) is 0 Å². The zero-order valence-electron chi connectivity index (χ0n) is 13.3. The number of aliphatic hydroxyl groups excluding tert-OH is 1. The molecule has 0 aliphatic rings. The molecule has 0 aliphatic carbocycles. The summed E-state index contributed by atoms with van der Waals surface area (Å²) >= 11 is 0. The van der Waals surface area contributed by atoms with Crippen LogP contribution in [0.3, 0.4) is 0 Å². The highest BCUT2D eigenvalue weighted by molar-refractivity contribution is 5.45. The topological polar surface area (TPSA) is 92.6 Å². The molecule has 0 saturated heterocycles. The van der Waals surface area contributed by atoms with Crippen LogP contribution in [-0.4, -0.2) is 36.9 Å². The van der Waals surface area contributed by atoms with Crippen molar-refractivity contribution in [1.82, 2.24) is 25.3 Å². The Hall–Kier alpha value is -3.26. The van der Waals surface area contributed by atoms with Crippen LogP contribution < -0.4 is 4.90 Å². The van der Waals surface area contributed by atoms with Crippen molar-refractivity contribution >= 4 is 11.5 Å². The fraction of sp³-hybridized carbons (Fsp3) is 0.176. The molecule has 4 rings (SSSR count). The molecule has 0 amide bonds. The monoisotopic (exact) mass is 336 g/mol. The standard InChI is InChI=1S/C17H16N6O2/c24-14(15-7-4-10-25-15)12-22(11-13-5-2-1-3-6-13)17-9-8-16-18-20-21-23(16)19-17/h1-10,14,24H,11-12H2/t14-/m0/s1. The molecule has 0 spiro atoms. The van der Waals surface area contributed by atoms with E-state index in [-0.39, 0.29) is 0 Å². The van der Waals surface area contributed by atoms with Crippen molar-refractivity contribution in [3.63, 3.8) is 0 Å². The largest absolute Gasteiger partial charge is 0.467 e. The van der Waals surface area contributed by atoms with E-state index in [1.54, 1.807) is 24.5 Å². The number of benzene rings is 1. The van der Waals surface area contributed by atoms with Crippen LogP contribution in [0.25, 0.3) is 5.65 Å².